The molecule has 0 radical (unpaired) electrons. The van der Waals surface area contributed by atoms with E-state index in [2.05, 4.69) is 10.3 Å². The number of aromatic nitrogens is 1. The number of nitro groups is 1. The Morgan fingerprint density at radius 3 is 2.70 bits per heavy atom. The van der Waals surface area contributed by atoms with E-state index in [1.165, 1.54) is 0 Å². The van der Waals surface area contributed by atoms with E-state index in [1.807, 2.05) is 60.7 Å². The van der Waals surface area contributed by atoms with Crippen molar-refractivity contribution in [2.45, 2.75) is 18.1 Å². The monoisotopic (exact) mass is 422 g/mol. The van der Waals surface area contributed by atoms with E-state index in [1.54, 1.807) is 4.90 Å². The van der Waals surface area contributed by atoms with Crippen LogP contribution in [0.5, 0.6) is 0 Å². The van der Waals surface area contributed by atoms with Crippen molar-refractivity contribution in [3.05, 3.63) is 98.6 Å². The molecule has 0 amide bonds. The van der Waals surface area contributed by atoms with Crippen LogP contribution in [0.25, 0.3) is 10.9 Å². The molecule has 1 aromatic heterocycles. The van der Waals surface area contributed by atoms with Gasteiger partial charge in [-0.1, -0.05) is 60.1 Å². The van der Waals surface area contributed by atoms with Crippen molar-refractivity contribution in [1.82, 2.24) is 15.2 Å². The van der Waals surface area contributed by atoms with Gasteiger partial charge in [0.15, 0.2) is 11.5 Å². The van der Waals surface area contributed by atoms with E-state index in [-0.39, 0.29) is 22.2 Å². The highest BCUT2D eigenvalue weighted by Gasteiger charge is 2.53. The van der Waals surface area contributed by atoms with E-state index in [9.17, 15) is 15.2 Å². The average Bonchev–Trinajstić information content (AvgIpc) is 3.24. The number of hydrogen-bond acceptors (Lipinski definition) is 6. The van der Waals surface area contributed by atoms with E-state index in [0.717, 1.165) is 10.9 Å². The third kappa shape index (κ3) is 2.81. The Labute approximate surface area is 177 Å². The normalized spacial score (nSPS) is 23.4. The Hall–Kier alpha value is -3.16. The summed E-state index contributed by atoms with van der Waals surface area (Å²) in [6, 6.07) is 18.6. The fraction of sp³-hybridized carbons (Fsp3) is 0.227. The van der Waals surface area contributed by atoms with E-state index >= 15 is 0 Å². The zero-order chi connectivity index (χ0) is 20.9. The fourth-order valence-electron chi connectivity index (χ4n) is 4.55. The number of para-hydroxylation sites is 1. The number of aliphatic hydroxyl groups is 1. The van der Waals surface area contributed by atoms with E-state index in [4.69, 9.17) is 11.6 Å². The second-order valence-electron chi connectivity index (χ2n) is 7.57. The second kappa shape index (κ2) is 6.97. The quantitative estimate of drug-likeness (QED) is 0.381. The Morgan fingerprint density at radius 1 is 1.20 bits per heavy atom. The van der Waals surface area contributed by atoms with Crippen LogP contribution in [0.3, 0.4) is 0 Å². The Balaban J connectivity index is 1.73. The molecule has 5 rings (SSSR count). The van der Waals surface area contributed by atoms with Crippen molar-refractivity contribution >= 4 is 22.5 Å². The van der Waals surface area contributed by atoms with Gasteiger partial charge in [-0.2, -0.15) is 0 Å². The van der Waals surface area contributed by atoms with Crippen LogP contribution in [-0.4, -0.2) is 33.0 Å². The SMILES string of the molecule is O=[N+]([O-])C1=C2NCCN2C(O)(c2ccccc2)CC1c1cc2ccccc2nc1Cl. The molecule has 0 spiro atoms. The number of nitrogens with one attached hydrogen (secondary N) is 1. The maximum atomic E-state index is 12.1. The lowest BCUT2D eigenvalue weighted by Crippen LogP contribution is -2.50. The first-order valence-corrected chi connectivity index (χ1v) is 10.1. The summed E-state index contributed by atoms with van der Waals surface area (Å²) in [5, 5.41) is 28.1. The topological polar surface area (TPSA) is 91.5 Å². The van der Waals surface area contributed by atoms with Gasteiger partial charge < -0.3 is 15.3 Å². The summed E-state index contributed by atoms with van der Waals surface area (Å²) in [6.07, 6.45) is 0.0955. The first-order chi connectivity index (χ1) is 14.5. The van der Waals surface area contributed by atoms with Crippen molar-refractivity contribution in [3.8, 4) is 0 Å². The van der Waals surface area contributed by atoms with Gasteiger partial charge in [-0.15, -0.1) is 0 Å². The molecule has 0 bridgehead atoms. The molecule has 0 aliphatic carbocycles. The van der Waals surface area contributed by atoms with Crippen LogP contribution < -0.4 is 5.32 Å². The highest BCUT2D eigenvalue weighted by Crippen LogP contribution is 2.49. The molecule has 3 heterocycles. The first-order valence-electron chi connectivity index (χ1n) is 9.72. The zero-order valence-corrected chi connectivity index (χ0v) is 16.7. The van der Waals surface area contributed by atoms with Crippen LogP contribution in [0.2, 0.25) is 5.15 Å². The van der Waals surface area contributed by atoms with Gasteiger partial charge in [0.05, 0.1) is 16.4 Å². The zero-order valence-electron chi connectivity index (χ0n) is 16.0. The van der Waals surface area contributed by atoms with Gasteiger partial charge in [0.25, 0.3) is 5.70 Å². The number of nitrogens with zero attached hydrogens (tertiary/aromatic N) is 3. The van der Waals surface area contributed by atoms with Crippen LogP contribution in [0.1, 0.15) is 23.5 Å². The molecule has 2 aliphatic heterocycles. The number of rotatable bonds is 3. The number of allylic oxidation sites excluding steroid dienone is 1. The predicted octanol–water partition coefficient (Wildman–Crippen LogP) is 3.57. The number of hydrogen-bond donors (Lipinski definition) is 2. The lowest BCUT2D eigenvalue weighted by atomic mass is 9.81. The van der Waals surface area contributed by atoms with Crippen molar-refractivity contribution < 1.29 is 10.0 Å². The largest absolute Gasteiger partial charge is 0.367 e. The molecule has 30 heavy (non-hydrogen) atoms. The van der Waals surface area contributed by atoms with E-state index in [0.29, 0.717) is 30.0 Å². The summed E-state index contributed by atoms with van der Waals surface area (Å²) in [6.45, 7) is 0.979. The Morgan fingerprint density at radius 2 is 1.93 bits per heavy atom. The molecule has 0 saturated carbocycles. The molecule has 7 nitrogen and oxygen atoms in total. The highest BCUT2D eigenvalue weighted by molar-refractivity contribution is 6.30. The molecule has 3 aromatic rings. The standard InChI is InChI=1S/C22H19ClN4O3/c23-20-16(12-14-6-4-5-9-18(14)25-20)17-13-22(28,15-7-2-1-3-8-15)26-11-10-24-21(26)19(17)27(29)30/h1-9,12,17,24,28H,10-11,13H2. The third-order valence-corrected chi connectivity index (χ3v) is 6.22. The van der Waals surface area contributed by atoms with Gasteiger partial charge in [-0.3, -0.25) is 10.1 Å². The maximum Gasteiger partial charge on any atom is 0.293 e. The molecular formula is C22H19ClN4O3. The smallest absolute Gasteiger partial charge is 0.293 e. The van der Waals surface area contributed by atoms with Crippen molar-refractivity contribution in [2.75, 3.05) is 13.1 Å². The van der Waals surface area contributed by atoms with Crippen LogP contribution in [0.15, 0.2) is 72.2 Å². The van der Waals surface area contributed by atoms with Crippen molar-refractivity contribution in [1.29, 1.82) is 0 Å². The second-order valence-corrected chi connectivity index (χ2v) is 7.93. The minimum atomic E-state index is -1.40. The number of benzene rings is 2. The summed E-state index contributed by atoms with van der Waals surface area (Å²) in [5.41, 5.74) is 0.545. The van der Waals surface area contributed by atoms with E-state index < -0.39 is 11.6 Å². The highest BCUT2D eigenvalue weighted by atomic mass is 35.5. The number of fused-ring (bicyclic) bond motifs is 2. The maximum absolute atomic E-state index is 12.1. The van der Waals surface area contributed by atoms with Crippen molar-refractivity contribution in [2.24, 2.45) is 0 Å². The van der Waals surface area contributed by atoms with Crippen molar-refractivity contribution in [3.63, 3.8) is 0 Å². The molecule has 2 aliphatic rings. The lowest BCUT2D eigenvalue weighted by molar-refractivity contribution is -0.437. The molecule has 2 unspecified atom stereocenters. The molecule has 152 valence electrons. The molecule has 1 fully saturated rings. The average molecular weight is 423 g/mol. The number of halogens is 1. The molecular weight excluding hydrogens is 404 g/mol. The lowest BCUT2D eigenvalue weighted by Gasteiger charge is -2.44. The predicted molar refractivity (Wildman–Crippen MR) is 113 cm³/mol. The molecule has 2 aromatic carbocycles. The van der Waals surface area contributed by atoms with Gasteiger partial charge in [0.1, 0.15) is 5.15 Å². The van der Waals surface area contributed by atoms with Gasteiger partial charge in [-0.05, 0) is 12.1 Å². The molecule has 1 saturated heterocycles. The summed E-state index contributed by atoms with van der Waals surface area (Å²) in [4.78, 5) is 17.9. The van der Waals surface area contributed by atoms with Crippen LogP contribution >= 0.6 is 11.6 Å². The summed E-state index contributed by atoms with van der Waals surface area (Å²) in [5.74, 6) is -0.390. The summed E-state index contributed by atoms with van der Waals surface area (Å²) < 4.78 is 0. The fourth-order valence-corrected chi connectivity index (χ4v) is 4.83. The summed E-state index contributed by atoms with van der Waals surface area (Å²) >= 11 is 6.52. The van der Waals surface area contributed by atoms with Gasteiger partial charge in [0, 0.05) is 36.0 Å². The number of pyridine rings is 1. The Kier molecular flexibility index (Phi) is 4.38. The van der Waals surface area contributed by atoms with Gasteiger partial charge in [-0.25, -0.2) is 4.98 Å². The third-order valence-electron chi connectivity index (χ3n) is 5.92. The van der Waals surface area contributed by atoms with Crippen LogP contribution in [0.4, 0.5) is 0 Å². The van der Waals surface area contributed by atoms with Crippen LogP contribution in [-0.2, 0) is 5.72 Å². The molecule has 2 N–H and O–H groups in total. The van der Waals surface area contributed by atoms with Gasteiger partial charge >= 0.3 is 0 Å². The summed E-state index contributed by atoms with van der Waals surface area (Å²) in [7, 11) is 0. The van der Waals surface area contributed by atoms with Gasteiger partial charge in [0.2, 0.25) is 0 Å². The van der Waals surface area contributed by atoms with Crippen LogP contribution in [0, 0.1) is 10.1 Å². The minimum absolute atomic E-state index is 0.00656. The molecule has 2 atom stereocenters. The Bertz CT molecular complexity index is 1180. The molecule has 8 heteroatoms. The first kappa shape index (κ1) is 18.8. The minimum Gasteiger partial charge on any atom is -0.367 e.